The van der Waals surface area contributed by atoms with E-state index in [1.165, 1.54) is 0 Å². The van der Waals surface area contributed by atoms with Gasteiger partial charge in [0.2, 0.25) is 0 Å². The molecule has 0 bridgehead atoms. The Morgan fingerprint density at radius 2 is 1.83 bits per heavy atom. The summed E-state index contributed by atoms with van der Waals surface area (Å²) in [5, 5.41) is 11.2. The van der Waals surface area contributed by atoms with Gasteiger partial charge >= 0.3 is 0 Å². The molecule has 0 rings (SSSR count). The van der Waals surface area contributed by atoms with Gasteiger partial charge in [0.25, 0.3) is 0 Å². The zero-order valence-electron chi connectivity index (χ0n) is 8.72. The van der Waals surface area contributed by atoms with Crippen molar-refractivity contribution >= 4 is 0 Å². The van der Waals surface area contributed by atoms with Gasteiger partial charge in [-0.2, -0.15) is 0 Å². The van der Waals surface area contributed by atoms with E-state index in [9.17, 15) is 5.11 Å². The molecule has 1 radical (unpaired) electrons. The van der Waals surface area contributed by atoms with Crippen molar-refractivity contribution in [2.24, 2.45) is 0 Å². The summed E-state index contributed by atoms with van der Waals surface area (Å²) in [4.78, 5) is 0. The van der Waals surface area contributed by atoms with Gasteiger partial charge in [-0.15, -0.1) is 0 Å². The van der Waals surface area contributed by atoms with Crippen molar-refractivity contribution in [2.75, 3.05) is 0 Å². The largest absolute Gasteiger partial charge is 0.344 e. The van der Waals surface area contributed by atoms with Crippen molar-refractivity contribution in [1.82, 2.24) is 0 Å². The molecular formula is C10H21O2. The molecule has 0 N–H and O–H groups in total. The maximum absolute atomic E-state index is 11.2. The molecule has 0 aliphatic rings. The standard InChI is InChI=1S/C10H21O2/c1-5-6-7-8-9(11)12-10(2,3)4/h9H,5-8H2,1-4H3. The van der Waals surface area contributed by atoms with Crippen molar-refractivity contribution in [3.05, 3.63) is 0 Å². The summed E-state index contributed by atoms with van der Waals surface area (Å²) in [5.41, 5.74) is -0.293. The predicted molar refractivity (Wildman–Crippen MR) is 49.5 cm³/mol. The molecule has 0 aliphatic heterocycles. The fourth-order valence-electron chi connectivity index (χ4n) is 1.01. The van der Waals surface area contributed by atoms with Crippen molar-refractivity contribution < 1.29 is 9.84 Å². The maximum Gasteiger partial charge on any atom is 0.191 e. The summed E-state index contributed by atoms with van der Waals surface area (Å²) in [6.45, 7) is 7.87. The van der Waals surface area contributed by atoms with Crippen LogP contribution in [0.4, 0.5) is 0 Å². The van der Waals surface area contributed by atoms with Crippen LogP contribution in [0.1, 0.15) is 53.4 Å². The van der Waals surface area contributed by atoms with Crippen LogP contribution in [0.15, 0.2) is 0 Å². The third kappa shape index (κ3) is 8.02. The van der Waals surface area contributed by atoms with Gasteiger partial charge in [-0.3, -0.25) is 0 Å². The van der Waals surface area contributed by atoms with Crippen LogP contribution in [0, 0.1) is 0 Å². The Hall–Kier alpha value is -0.0800. The molecule has 0 saturated carbocycles. The van der Waals surface area contributed by atoms with Crippen molar-refractivity contribution in [2.45, 2.75) is 65.3 Å². The quantitative estimate of drug-likeness (QED) is 0.464. The van der Waals surface area contributed by atoms with Gasteiger partial charge in [0.1, 0.15) is 0 Å². The first kappa shape index (κ1) is 11.9. The summed E-state index contributed by atoms with van der Waals surface area (Å²) in [7, 11) is 0. The molecule has 0 amide bonds. The summed E-state index contributed by atoms with van der Waals surface area (Å²) in [6, 6.07) is 0. The maximum atomic E-state index is 11.2. The lowest BCUT2D eigenvalue weighted by Crippen LogP contribution is -2.26. The Bertz CT molecular complexity index is 105. The monoisotopic (exact) mass is 173 g/mol. The van der Waals surface area contributed by atoms with Gasteiger partial charge in [-0.25, -0.2) is 5.11 Å². The fourth-order valence-corrected chi connectivity index (χ4v) is 1.01. The van der Waals surface area contributed by atoms with Gasteiger partial charge in [-0.1, -0.05) is 19.8 Å². The molecule has 0 aromatic carbocycles. The highest BCUT2D eigenvalue weighted by Crippen LogP contribution is 2.13. The van der Waals surface area contributed by atoms with Gasteiger partial charge in [0, 0.05) is 6.42 Å². The van der Waals surface area contributed by atoms with Crippen LogP contribution < -0.4 is 0 Å². The molecule has 0 saturated heterocycles. The predicted octanol–water partition coefficient (Wildman–Crippen LogP) is 3.14. The number of hydrogen-bond donors (Lipinski definition) is 0. The third-order valence-corrected chi connectivity index (χ3v) is 1.53. The molecule has 12 heavy (non-hydrogen) atoms. The van der Waals surface area contributed by atoms with E-state index < -0.39 is 6.29 Å². The van der Waals surface area contributed by atoms with E-state index in [-0.39, 0.29) is 5.60 Å². The summed E-state index contributed by atoms with van der Waals surface area (Å²) < 4.78 is 5.23. The van der Waals surface area contributed by atoms with Crippen LogP contribution in [0.2, 0.25) is 0 Å². The zero-order valence-corrected chi connectivity index (χ0v) is 8.72. The summed E-state index contributed by atoms with van der Waals surface area (Å²) >= 11 is 0. The molecule has 1 unspecified atom stereocenters. The molecule has 2 heteroatoms. The number of rotatable bonds is 5. The van der Waals surface area contributed by atoms with E-state index in [0.717, 1.165) is 19.3 Å². The van der Waals surface area contributed by atoms with E-state index in [1.54, 1.807) is 0 Å². The zero-order chi connectivity index (χ0) is 9.61. The van der Waals surface area contributed by atoms with E-state index in [0.29, 0.717) is 6.42 Å². The van der Waals surface area contributed by atoms with E-state index in [1.807, 2.05) is 20.8 Å². The lowest BCUT2D eigenvalue weighted by Gasteiger charge is -2.22. The van der Waals surface area contributed by atoms with Gasteiger partial charge < -0.3 is 4.74 Å². The number of unbranched alkanes of at least 4 members (excludes halogenated alkanes) is 2. The molecule has 2 nitrogen and oxygen atoms in total. The van der Waals surface area contributed by atoms with Gasteiger partial charge in [0.05, 0.1) is 5.60 Å². The topological polar surface area (TPSA) is 29.1 Å². The lowest BCUT2D eigenvalue weighted by molar-refractivity contribution is -0.198. The van der Waals surface area contributed by atoms with Crippen LogP contribution in [-0.2, 0) is 9.84 Å². The van der Waals surface area contributed by atoms with Crippen LogP contribution in [-0.4, -0.2) is 11.9 Å². The van der Waals surface area contributed by atoms with Crippen molar-refractivity contribution in [3.63, 3.8) is 0 Å². The highest BCUT2D eigenvalue weighted by Gasteiger charge is 2.16. The first-order valence-electron chi connectivity index (χ1n) is 4.79. The Kier molecular flexibility index (Phi) is 5.51. The molecule has 0 aromatic rings. The van der Waals surface area contributed by atoms with Crippen molar-refractivity contribution in [1.29, 1.82) is 0 Å². The lowest BCUT2D eigenvalue weighted by atomic mass is 10.1. The van der Waals surface area contributed by atoms with E-state index in [2.05, 4.69) is 6.92 Å². The van der Waals surface area contributed by atoms with Gasteiger partial charge in [-0.05, 0) is 27.2 Å². The molecule has 73 valence electrons. The first-order valence-corrected chi connectivity index (χ1v) is 4.79. The highest BCUT2D eigenvalue weighted by atomic mass is 16.6. The average Bonchev–Trinajstić information content (AvgIpc) is 1.84. The first-order chi connectivity index (χ1) is 5.45. The summed E-state index contributed by atoms with van der Waals surface area (Å²) in [6.07, 6.45) is 3.08. The SMILES string of the molecule is CCCCCC([O])OC(C)(C)C. The average molecular weight is 173 g/mol. The van der Waals surface area contributed by atoms with E-state index in [4.69, 9.17) is 4.74 Å². The number of ether oxygens (including phenoxy) is 1. The molecular weight excluding hydrogens is 152 g/mol. The molecule has 0 aliphatic carbocycles. The van der Waals surface area contributed by atoms with Gasteiger partial charge in [0.15, 0.2) is 6.29 Å². The van der Waals surface area contributed by atoms with E-state index >= 15 is 0 Å². The Morgan fingerprint density at radius 1 is 1.25 bits per heavy atom. The second kappa shape index (κ2) is 5.55. The highest BCUT2D eigenvalue weighted by molar-refractivity contribution is 4.60. The summed E-state index contributed by atoms with van der Waals surface area (Å²) in [5.74, 6) is 0. The molecule has 0 spiro atoms. The molecule has 0 heterocycles. The van der Waals surface area contributed by atoms with Crippen LogP contribution in [0.25, 0.3) is 0 Å². The van der Waals surface area contributed by atoms with Crippen LogP contribution in [0.3, 0.4) is 0 Å². The Labute approximate surface area is 75.9 Å². The molecule has 1 atom stereocenters. The number of hydrogen-bond acceptors (Lipinski definition) is 1. The Morgan fingerprint density at radius 3 is 2.25 bits per heavy atom. The minimum Gasteiger partial charge on any atom is -0.344 e. The minimum atomic E-state index is -0.837. The van der Waals surface area contributed by atoms with Crippen LogP contribution in [0.5, 0.6) is 0 Å². The Balaban J connectivity index is 3.40. The molecule has 0 aromatic heterocycles. The normalized spacial score (nSPS) is 14.8. The fraction of sp³-hybridized carbons (Fsp3) is 1.00. The second-order valence-corrected chi connectivity index (χ2v) is 4.16. The third-order valence-electron chi connectivity index (χ3n) is 1.53. The van der Waals surface area contributed by atoms with Crippen molar-refractivity contribution in [3.8, 4) is 0 Å². The smallest absolute Gasteiger partial charge is 0.191 e. The minimum absolute atomic E-state index is 0.293. The second-order valence-electron chi connectivity index (χ2n) is 4.16. The van der Waals surface area contributed by atoms with Crippen LogP contribution >= 0.6 is 0 Å². The molecule has 0 fully saturated rings.